The predicted molar refractivity (Wildman–Crippen MR) is 102 cm³/mol. The van der Waals surface area contributed by atoms with Gasteiger partial charge in [0, 0.05) is 18.1 Å². The van der Waals surface area contributed by atoms with Crippen molar-refractivity contribution in [2.24, 2.45) is 0 Å². The van der Waals surface area contributed by atoms with Crippen molar-refractivity contribution >= 4 is 23.2 Å². The number of ether oxygens (including phenoxy) is 2. The average Bonchev–Trinajstić information content (AvgIpc) is 3.42. The zero-order valence-corrected chi connectivity index (χ0v) is 17.0. The van der Waals surface area contributed by atoms with Gasteiger partial charge in [-0.25, -0.2) is 9.78 Å². The maximum absolute atomic E-state index is 12.7. The molecule has 1 amide bonds. The van der Waals surface area contributed by atoms with Crippen LogP contribution in [-0.2, 0) is 20.9 Å². The predicted octanol–water partition coefficient (Wildman–Crippen LogP) is 2.76. The first-order valence-electron chi connectivity index (χ1n) is 9.39. The summed E-state index contributed by atoms with van der Waals surface area (Å²) in [5.41, 5.74) is 3.13. The smallest absolute Gasteiger partial charge is 0.475 e. The molecule has 0 aromatic carbocycles. The molecule has 1 saturated carbocycles. The monoisotopic (exact) mass is 459 g/mol. The van der Waals surface area contributed by atoms with E-state index in [1.54, 1.807) is 17.1 Å². The maximum Gasteiger partial charge on any atom is 0.490 e. The molecule has 12 heteroatoms. The van der Waals surface area contributed by atoms with E-state index in [1.807, 2.05) is 23.1 Å². The number of aromatic nitrogens is 2. The summed E-state index contributed by atoms with van der Waals surface area (Å²) in [4.78, 5) is 31.9. The van der Waals surface area contributed by atoms with Crippen LogP contribution in [0.2, 0.25) is 0 Å². The summed E-state index contributed by atoms with van der Waals surface area (Å²) in [5, 5.41) is 8.93. The number of nitrogens with zero attached hydrogens (tertiary/aromatic N) is 3. The summed E-state index contributed by atoms with van der Waals surface area (Å²) in [6.45, 7) is 1.63. The van der Waals surface area contributed by atoms with E-state index in [1.165, 1.54) is 11.3 Å². The van der Waals surface area contributed by atoms with Gasteiger partial charge in [-0.1, -0.05) is 6.07 Å². The molecule has 0 radical (unpaired) electrons. The molecule has 3 heterocycles. The van der Waals surface area contributed by atoms with Gasteiger partial charge in [-0.15, -0.1) is 11.3 Å². The minimum atomic E-state index is -5.08. The van der Waals surface area contributed by atoms with Crippen LogP contribution < -0.4 is 0 Å². The van der Waals surface area contributed by atoms with E-state index < -0.39 is 12.1 Å². The van der Waals surface area contributed by atoms with Crippen LogP contribution in [0.15, 0.2) is 35.3 Å². The molecule has 0 unspecified atom stereocenters. The second kappa shape index (κ2) is 10.2. The molecule has 2 aromatic heterocycles. The van der Waals surface area contributed by atoms with Gasteiger partial charge in [0.1, 0.15) is 11.8 Å². The Bertz CT molecular complexity index is 866. The fraction of sp³-hybridized carbons (Fsp3) is 0.474. The highest BCUT2D eigenvalue weighted by Crippen LogP contribution is 2.33. The lowest BCUT2D eigenvalue weighted by Crippen LogP contribution is -2.53. The summed E-state index contributed by atoms with van der Waals surface area (Å²) in [6, 6.07) is 5.86. The third-order valence-electron chi connectivity index (χ3n) is 4.86. The van der Waals surface area contributed by atoms with Crippen LogP contribution in [0, 0.1) is 0 Å². The molecule has 1 aliphatic carbocycles. The molecule has 2 fully saturated rings. The summed E-state index contributed by atoms with van der Waals surface area (Å²) in [7, 11) is 0. The fourth-order valence-electron chi connectivity index (χ4n) is 3.49. The van der Waals surface area contributed by atoms with Crippen LogP contribution in [0.3, 0.4) is 0 Å². The summed E-state index contributed by atoms with van der Waals surface area (Å²) >= 11 is 1.44. The van der Waals surface area contributed by atoms with Gasteiger partial charge in [0.15, 0.2) is 0 Å². The van der Waals surface area contributed by atoms with Crippen LogP contribution >= 0.6 is 11.3 Å². The van der Waals surface area contributed by atoms with E-state index in [0.717, 1.165) is 18.5 Å². The maximum atomic E-state index is 12.7. The largest absolute Gasteiger partial charge is 0.490 e. The number of carboxylic acids is 1. The number of aliphatic carboxylic acids is 1. The summed E-state index contributed by atoms with van der Waals surface area (Å²) in [6.07, 6.45) is -1.59. The highest BCUT2D eigenvalue weighted by atomic mass is 32.1. The molecule has 3 atom stereocenters. The number of alkyl halides is 3. The Morgan fingerprint density at radius 1 is 1.29 bits per heavy atom. The van der Waals surface area contributed by atoms with Gasteiger partial charge in [-0.3, -0.25) is 9.78 Å². The number of fused-ring (bicyclic) bond motifs is 1. The van der Waals surface area contributed by atoms with Gasteiger partial charge in [0.05, 0.1) is 36.6 Å². The Morgan fingerprint density at radius 2 is 2.06 bits per heavy atom. The van der Waals surface area contributed by atoms with Gasteiger partial charge >= 0.3 is 12.1 Å². The molecule has 1 saturated heterocycles. The highest BCUT2D eigenvalue weighted by Gasteiger charge is 2.45. The number of thiazole rings is 1. The Balaban J connectivity index is 0.000000339. The second-order valence-corrected chi connectivity index (χ2v) is 7.54. The van der Waals surface area contributed by atoms with E-state index in [0.29, 0.717) is 25.5 Å². The number of morpholine rings is 1. The van der Waals surface area contributed by atoms with Gasteiger partial charge in [0.25, 0.3) is 5.91 Å². The highest BCUT2D eigenvalue weighted by molar-refractivity contribution is 7.07. The quantitative estimate of drug-likeness (QED) is 0.750. The number of pyridine rings is 1. The number of hydrogen-bond donors (Lipinski definition) is 1. The van der Waals surface area contributed by atoms with E-state index in [9.17, 15) is 18.0 Å². The van der Waals surface area contributed by atoms with Gasteiger partial charge in [0.2, 0.25) is 0 Å². The van der Waals surface area contributed by atoms with Gasteiger partial charge < -0.3 is 19.5 Å². The first-order chi connectivity index (χ1) is 14.8. The Kier molecular flexibility index (Phi) is 7.57. The minimum absolute atomic E-state index is 0.0000685. The van der Waals surface area contributed by atoms with Crippen LogP contribution in [-0.4, -0.2) is 69.4 Å². The number of carbonyl (C=O) groups is 2. The van der Waals surface area contributed by atoms with Crippen LogP contribution in [0.5, 0.6) is 0 Å². The number of amides is 1. The number of carbonyl (C=O) groups excluding carboxylic acids is 1. The number of halogens is 3. The molecule has 2 aromatic rings. The lowest BCUT2D eigenvalue weighted by Gasteiger charge is -2.38. The first-order valence-corrected chi connectivity index (χ1v) is 10.3. The van der Waals surface area contributed by atoms with Crippen molar-refractivity contribution in [2.75, 3.05) is 13.2 Å². The van der Waals surface area contributed by atoms with Crippen molar-refractivity contribution < 1.29 is 37.3 Å². The van der Waals surface area contributed by atoms with Crippen molar-refractivity contribution in [1.29, 1.82) is 0 Å². The lowest BCUT2D eigenvalue weighted by atomic mass is 10.1. The van der Waals surface area contributed by atoms with Crippen LogP contribution in [0.25, 0.3) is 0 Å². The molecule has 8 nitrogen and oxygen atoms in total. The third-order valence-corrected chi connectivity index (χ3v) is 5.45. The normalized spacial score (nSPS) is 22.9. The summed E-state index contributed by atoms with van der Waals surface area (Å²) < 4.78 is 43.7. The fourth-order valence-corrected chi connectivity index (χ4v) is 4.01. The average molecular weight is 459 g/mol. The molecule has 1 N–H and O–H groups in total. The van der Waals surface area contributed by atoms with E-state index in [4.69, 9.17) is 19.4 Å². The van der Waals surface area contributed by atoms with Crippen molar-refractivity contribution in [3.63, 3.8) is 0 Å². The van der Waals surface area contributed by atoms with E-state index in [2.05, 4.69) is 9.97 Å². The third kappa shape index (κ3) is 5.99. The zero-order chi connectivity index (χ0) is 22.4. The number of carboxylic acid groups (broad SMARTS) is 1. The summed E-state index contributed by atoms with van der Waals surface area (Å²) in [5.74, 6) is -2.76. The van der Waals surface area contributed by atoms with Crippen molar-refractivity contribution in [3.05, 3.63) is 46.7 Å². The SMILES string of the molecule is O=C(O)C(F)(F)F.O=C(c1cscn1)N1CCO[C@H]2[C@@H](OCc3ccccn3)CC[C@@H]21. The Hall–Kier alpha value is -2.57. The topological polar surface area (TPSA) is 102 Å². The number of rotatable bonds is 4. The van der Waals surface area contributed by atoms with Crippen molar-refractivity contribution in [3.8, 4) is 0 Å². The molecule has 4 rings (SSSR count). The molecule has 168 valence electrons. The molecular weight excluding hydrogens is 439 g/mol. The molecular formula is C19H20F3N3O5S. The van der Waals surface area contributed by atoms with E-state index in [-0.39, 0.29) is 24.2 Å². The molecule has 0 spiro atoms. The van der Waals surface area contributed by atoms with Gasteiger partial charge in [-0.05, 0) is 25.0 Å². The standard InChI is InChI=1S/C17H19N3O3S.C2HF3O2/c21-17(13-10-24-11-19-13)20-7-8-22-16-14(20)4-5-15(16)23-9-12-3-1-2-6-18-12;3-2(4,5)1(6)7/h1-3,6,10-11,14-16H,4-5,7-9H2;(H,6,7)/t14-,15-,16+;/m0./s1. The Morgan fingerprint density at radius 3 is 2.68 bits per heavy atom. The molecule has 31 heavy (non-hydrogen) atoms. The van der Waals surface area contributed by atoms with E-state index >= 15 is 0 Å². The van der Waals surface area contributed by atoms with Crippen molar-refractivity contribution in [1.82, 2.24) is 14.9 Å². The van der Waals surface area contributed by atoms with Gasteiger partial charge in [-0.2, -0.15) is 13.2 Å². The first kappa shape index (κ1) is 23.1. The van der Waals surface area contributed by atoms with Crippen LogP contribution in [0.4, 0.5) is 13.2 Å². The van der Waals surface area contributed by atoms with Crippen LogP contribution in [0.1, 0.15) is 29.0 Å². The minimum Gasteiger partial charge on any atom is -0.475 e. The second-order valence-electron chi connectivity index (χ2n) is 6.83. The number of hydrogen-bond acceptors (Lipinski definition) is 7. The Labute approximate surface area is 179 Å². The lowest BCUT2D eigenvalue weighted by molar-refractivity contribution is -0.192. The molecule has 0 bridgehead atoms. The molecule has 1 aliphatic heterocycles. The zero-order valence-electron chi connectivity index (χ0n) is 16.2. The molecule has 2 aliphatic rings. The van der Waals surface area contributed by atoms with Crippen molar-refractivity contribution in [2.45, 2.75) is 43.9 Å².